The first-order valence-corrected chi connectivity index (χ1v) is 5.44. The molecule has 13 heavy (non-hydrogen) atoms. The van der Waals surface area contributed by atoms with Crippen LogP contribution in [0, 0.1) is 0 Å². The normalized spacial score (nSPS) is 19.2. The minimum absolute atomic E-state index is 0.765. The number of nitrogens with zero attached hydrogens (tertiary/aromatic N) is 1. The number of aromatic nitrogens is 2. The van der Waals surface area contributed by atoms with Crippen LogP contribution in [0.25, 0.3) is 0 Å². The molecule has 1 aliphatic rings. The van der Waals surface area contributed by atoms with Crippen LogP contribution < -0.4 is 0 Å². The topological polar surface area (TPSA) is 28.7 Å². The van der Waals surface area contributed by atoms with Crippen molar-refractivity contribution in [3.63, 3.8) is 0 Å². The fourth-order valence-electron chi connectivity index (χ4n) is 2.18. The summed E-state index contributed by atoms with van der Waals surface area (Å²) in [6.07, 6.45) is 9.97. The van der Waals surface area contributed by atoms with Crippen molar-refractivity contribution in [3.8, 4) is 0 Å². The van der Waals surface area contributed by atoms with Crippen molar-refractivity contribution < 1.29 is 0 Å². The molecular formula is C11H18N2. The molecule has 0 bridgehead atoms. The average Bonchev–Trinajstić information content (AvgIpc) is 2.67. The van der Waals surface area contributed by atoms with Crippen LogP contribution in [0.2, 0.25) is 0 Å². The Morgan fingerprint density at radius 1 is 1.38 bits per heavy atom. The first-order valence-electron chi connectivity index (χ1n) is 5.44. The Morgan fingerprint density at radius 2 is 2.15 bits per heavy atom. The highest BCUT2D eigenvalue weighted by molar-refractivity contribution is 5.08. The molecule has 72 valence electrons. The summed E-state index contributed by atoms with van der Waals surface area (Å²) < 4.78 is 0. The van der Waals surface area contributed by atoms with Gasteiger partial charge in [0, 0.05) is 24.2 Å². The molecule has 2 heteroatoms. The zero-order valence-electron chi connectivity index (χ0n) is 8.34. The van der Waals surface area contributed by atoms with E-state index in [1.54, 1.807) is 0 Å². The molecule has 0 unspecified atom stereocenters. The number of aromatic amines is 1. The highest BCUT2D eigenvalue weighted by Crippen LogP contribution is 2.31. The van der Waals surface area contributed by atoms with E-state index in [9.17, 15) is 0 Å². The highest BCUT2D eigenvalue weighted by Gasteiger charge is 2.16. The average molecular weight is 178 g/mol. The van der Waals surface area contributed by atoms with Crippen LogP contribution in [0.1, 0.15) is 56.5 Å². The molecule has 1 aromatic rings. The zero-order valence-corrected chi connectivity index (χ0v) is 8.34. The molecule has 1 N–H and O–H groups in total. The van der Waals surface area contributed by atoms with Gasteiger partial charge in [0.1, 0.15) is 5.82 Å². The van der Waals surface area contributed by atoms with E-state index >= 15 is 0 Å². The van der Waals surface area contributed by atoms with Crippen LogP contribution in [-0.2, 0) is 6.42 Å². The summed E-state index contributed by atoms with van der Waals surface area (Å²) in [7, 11) is 0. The van der Waals surface area contributed by atoms with Gasteiger partial charge in [0.25, 0.3) is 0 Å². The summed E-state index contributed by atoms with van der Waals surface area (Å²) in [5.74, 6) is 1.90. The lowest BCUT2D eigenvalue weighted by molar-refractivity contribution is 0.437. The summed E-state index contributed by atoms with van der Waals surface area (Å²) in [6.45, 7) is 2.14. The second-order valence-electron chi connectivity index (χ2n) is 3.97. The molecule has 1 aromatic heterocycles. The second kappa shape index (κ2) is 3.95. The Hall–Kier alpha value is -0.790. The van der Waals surface area contributed by atoms with Crippen molar-refractivity contribution in [1.82, 2.24) is 9.97 Å². The number of aryl methyl sites for hydroxylation is 1. The predicted molar refractivity (Wildman–Crippen MR) is 53.8 cm³/mol. The standard InChI is InChI=1S/C11H18N2/c1-2-11-12-8-10(13-11)9-6-4-3-5-7-9/h8-9H,2-7H2,1H3,(H,12,13). The Balaban J connectivity index is 2.05. The minimum Gasteiger partial charge on any atom is -0.346 e. The quantitative estimate of drug-likeness (QED) is 0.741. The molecule has 0 amide bonds. The fraction of sp³-hybridized carbons (Fsp3) is 0.727. The second-order valence-corrected chi connectivity index (χ2v) is 3.97. The SMILES string of the molecule is CCc1ncc(C2CCCCC2)[nH]1. The number of hydrogen-bond donors (Lipinski definition) is 1. The van der Waals surface area contributed by atoms with Gasteiger partial charge in [-0.1, -0.05) is 26.2 Å². The molecule has 2 rings (SSSR count). The maximum Gasteiger partial charge on any atom is 0.105 e. The summed E-state index contributed by atoms with van der Waals surface area (Å²) in [5.41, 5.74) is 1.37. The molecule has 1 heterocycles. The Kier molecular flexibility index (Phi) is 2.67. The van der Waals surface area contributed by atoms with E-state index in [2.05, 4.69) is 16.9 Å². The van der Waals surface area contributed by atoms with Crippen molar-refractivity contribution >= 4 is 0 Å². The fourth-order valence-corrected chi connectivity index (χ4v) is 2.18. The van der Waals surface area contributed by atoms with E-state index in [4.69, 9.17) is 0 Å². The van der Waals surface area contributed by atoms with Crippen LogP contribution in [0.4, 0.5) is 0 Å². The van der Waals surface area contributed by atoms with Gasteiger partial charge in [-0.2, -0.15) is 0 Å². The molecular weight excluding hydrogens is 160 g/mol. The van der Waals surface area contributed by atoms with Crippen LogP contribution in [0.5, 0.6) is 0 Å². The number of nitrogens with one attached hydrogen (secondary N) is 1. The molecule has 2 nitrogen and oxygen atoms in total. The van der Waals surface area contributed by atoms with Gasteiger partial charge >= 0.3 is 0 Å². The summed E-state index contributed by atoms with van der Waals surface area (Å²) in [4.78, 5) is 7.78. The van der Waals surface area contributed by atoms with Gasteiger partial charge < -0.3 is 4.98 Å². The van der Waals surface area contributed by atoms with Crippen molar-refractivity contribution in [2.24, 2.45) is 0 Å². The van der Waals surface area contributed by atoms with Crippen molar-refractivity contribution in [2.75, 3.05) is 0 Å². The molecule has 0 aliphatic heterocycles. The molecule has 0 saturated heterocycles. The maximum absolute atomic E-state index is 4.35. The number of imidazole rings is 1. The Morgan fingerprint density at radius 3 is 2.77 bits per heavy atom. The Bertz CT molecular complexity index is 259. The predicted octanol–water partition coefficient (Wildman–Crippen LogP) is 3.02. The monoisotopic (exact) mass is 178 g/mol. The third-order valence-electron chi connectivity index (χ3n) is 3.03. The summed E-state index contributed by atoms with van der Waals surface area (Å²) >= 11 is 0. The number of H-pyrrole nitrogens is 1. The first-order chi connectivity index (χ1) is 6.40. The molecule has 0 spiro atoms. The van der Waals surface area contributed by atoms with Crippen LogP contribution in [-0.4, -0.2) is 9.97 Å². The highest BCUT2D eigenvalue weighted by atomic mass is 14.9. The van der Waals surface area contributed by atoms with Gasteiger partial charge in [-0.15, -0.1) is 0 Å². The van der Waals surface area contributed by atoms with Gasteiger partial charge in [0.05, 0.1) is 0 Å². The van der Waals surface area contributed by atoms with E-state index < -0.39 is 0 Å². The lowest BCUT2D eigenvalue weighted by Gasteiger charge is -2.19. The van der Waals surface area contributed by atoms with E-state index in [1.807, 2.05) is 6.20 Å². The molecule has 0 radical (unpaired) electrons. The summed E-state index contributed by atoms with van der Waals surface area (Å²) in [5, 5.41) is 0. The molecule has 0 atom stereocenters. The van der Waals surface area contributed by atoms with Crippen LogP contribution in [0.15, 0.2) is 6.20 Å². The third kappa shape index (κ3) is 1.93. The van der Waals surface area contributed by atoms with Gasteiger partial charge in [-0.25, -0.2) is 4.98 Å². The number of hydrogen-bond acceptors (Lipinski definition) is 1. The molecule has 1 aliphatic carbocycles. The van der Waals surface area contributed by atoms with Crippen molar-refractivity contribution in [3.05, 3.63) is 17.7 Å². The summed E-state index contributed by atoms with van der Waals surface area (Å²) in [6, 6.07) is 0. The van der Waals surface area contributed by atoms with E-state index in [1.165, 1.54) is 37.8 Å². The minimum atomic E-state index is 0.765. The molecule has 1 fully saturated rings. The van der Waals surface area contributed by atoms with Crippen LogP contribution >= 0.6 is 0 Å². The third-order valence-corrected chi connectivity index (χ3v) is 3.03. The largest absolute Gasteiger partial charge is 0.346 e. The van der Waals surface area contributed by atoms with E-state index in [0.29, 0.717) is 0 Å². The lowest BCUT2D eigenvalue weighted by Crippen LogP contribution is -2.04. The van der Waals surface area contributed by atoms with Crippen molar-refractivity contribution in [1.29, 1.82) is 0 Å². The molecule has 0 aromatic carbocycles. The number of rotatable bonds is 2. The lowest BCUT2D eigenvalue weighted by atomic mass is 9.87. The Labute approximate surface area is 79.8 Å². The maximum atomic E-state index is 4.35. The van der Waals surface area contributed by atoms with Crippen LogP contribution in [0.3, 0.4) is 0 Å². The van der Waals surface area contributed by atoms with E-state index in [-0.39, 0.29) is 0 Å². The van der Waals surface area contributed by atoms with Gasteiger partial charge in [0.2, 0.25) is 0 Å². The van der Waals surface area contributed by atoms with Gasteiger partial charge in [-0.05, 0) is 12.8 Å². The van der Waals surface area contributed by atoms with E-state index in [0.717, 1.165) is 18.2 Å². The van der Waals surface area contributed by atoms with Crippen molar-refractivity contribution in [2.45, 2.75) is 51.4 Å². The van der Waals surface area contributed by atoms with Gasteiger partial charge in [-0.3, -0.25) is 0 Å². The van der Waals surface area contributed by atoms with Gasteiger partial charge in [0.15, 0.2) is 0 Å². The first kappa shape index (κ1) is 8.79. The smallest absolute Gasteiger partial charge is 0.105 e. The zero-order chi connectivity index (χ0) is 9.10. The molecule has 1 saturated carbocycles.